The highest BCUT2D eigenvalue weighted by Gasteiger charge is 2.32. The summed E-state index contributed by atoms with van der Waals surface area (Å²) in [6.07, 6.45) is 1.99. The number of aliphatic hydroxyl groups excluding tert-OH is 1. The van der Waals surface area contributed by atoms with Gasteiger partial charge in [-0.3, -0.25) is 4.90 Å². The molecule has 3 rings (SSSR count). The third-order valence-electron chi connectivity index (χ3n) is 3.72. The van der Waals surface area contributed by atoms with E-state index in [1.165, 1.54) is 0 Å². The smallest absolute Gasteiger partial charge is 0.124 e. The molecule has 1 aliphatic rings. The molecule has 0 bridgehead atoms. The number of hydrogen-bond donors (Lipinski definition) is 1. The average Bonchev–Trinajstić information content (AvgIpc) is 3.09. The summed E-state index contributed by atoms with van der Waals surface area (Å²) in [5.41, 5.74) is 2.04. The van der Waals surface area contributed by atoms with Gasteiger partial charge in [0.2, 0.25) is 0 Å². The molecule has 1 fully saturated rings. The largest absolute Gasteiger partial charge is 0.497 e. The van der Waals surface area contributed by atoms with Crippen LogP contribution in [0.3, 0.4) is 0 Å². The van der Waals surface area contributed by atoms with E-state index in [4.69, 9.17) is 9.26 Å². The summed E-state index contributed by atoms with van der Waals surface area (Å²) in [7, 11) is 1.66. The second kappa shape index (κ2) is 5.64. The third-order valence-corrected chi connectivity index (χ3v) is 3.72. The van der Waals surface area contributed by atoms with Gasteiger partial charge in [0.05, 0.1) is 18.9 Å². The normalized spacial score (nSPS) is 23.1. The van der Waals surface area contributed by atoms with Crippen LogP contribution in [0.4, 0.5) is 0 Å². The lowest BCUT2D eigenvalue weighted by atomic mass is 10.0. The summed E-state index contributed by atoms with van der Waals surface area (Å²) in [5.74, 6) is 0.838. The summed E-state index contributed by atoms with van der Waals surface area (Å²) in [5, 5.41) is 13.9. The summed E-state index contributed by atoms with van der Waals surface area (Å²) in [6, 6.07) is 10.0. The number of β-amino-alcohol motifs (C(OH)–C–C–N with tert-alkyl or cyclic N) is 1. The first-order valence-electron chi connectivity index (χ1n) is 6.71. The molecule has 1 N–H and O–H groups in total. The molecule has 2 unspecified atom stereocenters. The lowest BCUT2D eigenvalue weighted by molar-refractivity contribution is 0.171. The highest BCUT2D eigenvalue weighted by atomic mass is 16.5. The number of likely N-dealkylation sites (tertiary alicyclic amines) is 1. The molecule has 106 valence electrons. The standard InChI is InChI=1S/C15H18N2O3/c1-19-14-4-2-3-11(7-14)15-8-13(18)10-17(15)9-12-5-6-20-16-12/h2-7,13,15,18H,8-10H2,1H3. The number of rotatable bonds is 4. The molecule has 1 aliphatic heterocycles. The van der Waals surface area contributed by atoms with Gasteiger partial charge < -0.3 is 14.4 Å². The van der Waals surface area contributed by atoms with Gasteiger partial charge >= 0.3 is 0 Å². The van der Waals surface area contributed by atoms with Gasteiger partial charge in [-0.05, 0) is 24.1 Å². The van der Waals surface area contributed by atoms with Crippen molar-refractivity contribution in [1.82, 2.24) is 10.1 Å². The first-order chi connectivity index (χ1) is 9.76. The SMILES string of the molecule is COc1cccc(C2CC(O)CN2Cc2ccon2)c1. The third kappa shape index (κ3) is 2.69. The van der Waals surface area contributed by atoms with Crippen LogP contribution in [0.25, 0.3) is 0 Å². The summed E-state index contributed by atoms with van der Waals surface area (Å²) in [4.78, 5) is 2.22. The predicted molar refractivity (Wildman–Crippen MR) is 73.3 cm³/mol. The minimum atomic E-state index is -0.307. The van der Waals surface area contributed by atoms with Crippen molar-refractivity contribution in [3.63, 3.8) is 0 Å². The molecule has 0 radical (unpaired) electrons. The van der Waals surface area contributed by atoms with Crippen LogP contribution in [0, 0.1) is 0 Å². The van der Waals surface area contributed by atoms with Crippen molar-refractivity contribution >= 4 is 0 Å². The number of ether oxygens (including phenoxy) is 1. The van der Waals surface area contributed by atoms with Crippen LogP contribution < -0.4 is 4.74 Å². The van der Waals surface area contributed by atoms with Crippen molar-refractivity contribution in [2.45, 2.75) is 25.1 Å². The lowest BCUT2D eigenvalue weighted by Gasteiger charge is -2.23. The molecule has 5 heteroatoms. The zero-order valence-electron chi connectivity index (χ0n) is 11.4. The zero-order chi connectivity index (χ0) is 13.9. The van der Waals surface area contributed by atoms with Crippen LogP contribution in [-0.4, -0.2) is 34.9 Å². The highest BCUT2D eigenvalue weighted by Crippen LogP contribution is 2.34. The van der Waals surface area contributed by atoms with Gasteiger partial charge in [0.25, 0.3) is 0 Å². The highest BCUT2D eigenvalue weighted by molar-refractivity contribution is 5.31. The number of hydrogen-bond acceptors (Lipinski definition) is 5. The van der Waals surface area contributed by atoms with Crippen LogP contribution >= 0.6 is 0 Å². The fourth-order valence-corrected chi connectivity index (χ4v) is 2.78. The fraction of sp³-hybridized carbons (Fsp3) is 0.400. The topological polar surface area (TPSA) is 58.7 Å². The van der Waals surface area contributed by atoms with Crippen molar-refractivity contribution in [2.24, 2.45) is 0 Å². The molecule has 2 atom stereocenters. The molecular weight excluding hydrogens is 256 g/mol. The molecule has 0 aliphatic carbocycles. The van der Waals surface area contributed by atoms with Gasteiger partial charge in [0.15, 0.2) is 0 Å². The van der Waals surface area contributed by atoms with E-state index in [0.29, 0.717) is 13.1 Å². The second-order valence-corrected chi connectivity index (χ2v) is 5.10. The van der Waals surface area contributed by atoms with E-state index in [1.54, 1.807) is 13.4 Å². The van der Waals surface area contributed by atoms with Crippen LogP contribution in [-0.2, 0) is 6.54 Å². The number of aliphatic hydroxyl groups is 1. The van der Waals surface area contributed by atoms with Crippen molar-refractivity contribution < 1.29 is 14.4 Å². The molecule has 0 amide bonds. The predicted octanol–water partition coefficient (Wildman–Crippen LogP) is 1.99. The van der Waals surface area contributed by atoms with Gasteiger partial charge in [-0.25, -0.2) is 0 Å². The maximum atomic E-state index is 9.97. The summed E-state index contributed by atoms with van der Waals surface area (Å²) in [6.45, 7) is 1.32. The zero-order valence-corrected chi connectivity index (χ0v) is 11.4. The Labute approximate surface area is 117 Å². The van der Waals surface area contributed by atoms with Crippen molar-refractivity contribution in [1.29, 1.82) is 0 Å². The molecule has 0 spiro atoms. The van der Waals surface area contributed by atoms with Crippen molar-refractivity contribution in [3.8, 4) is 5.75 Å². The molecule has 1 saturated heterocycles. The molecule has 2 aromatic rings. The Balaban J connectivity index is 1.81. The Hall–Kier alpha value is -1.85. The van der Waals surface area contributed by atoms with Crippen molar-refractivity contribution in [2.75, 3.05) is 13.7 Å². The maximum absolute atomic E-state index is 9.97. The fourth-order valence-electron chi connectivity index (χ4n) is 2.78. The van der Waals surface area contributed by atoms with E-state index in [-0.39, 0.29) is 12.1 Å². The molecular formula is C15H18N2O3. The molecule has 20 heavy (non-hydrogen) atoms. The number of methoxy groups -OCH3 is 1. The van der Waals surface area contributed by atoms with E-state index >= 15 is 0 Å². The van der Waals surface area contributed by atoms with E-state index in [9.17, 15) is 5.11 Å². The Morgan fingerprint density at radius 3 is 3.10 bits per heavy atom. The lowest BCUT2D eigenvalue weighted by Crippen LogP contribution is -2.24. The number of benzene rings is 1. The first kappa shape index (κ1) is 13.1. The van der Waals surface area contributed by atoms with Gasteiger partial charge in [-0.2, -0.15) is 0 Å². The maximum Gasteiger partial charge on any atom is 0.124 e. The van der Waals surface area contributed by atoms with Crippen LogP contribution in [0.5, 0.6) is 5.75 Å². The molecule has 0 saturated carbocycles. The second-order valence-electron chi connectivity index (χ2n) is 5.10. The van der Waals surface area contributed by atoms with Crippen LogP contribution in [0.1, 0.15) is 23.7 Å². The van der Waals surface area contributed by atoms with Gasteiger partial charge in [-0.15, -0.1) is 0 Å². The van der Waals surface area contributed by atoms with Crippen molar-refractivity contribution in [3.05, 3.63) is 47.9 Å². The molecule has 5 nitrogen and oxygen atoms in total. The monoisotopic (exact) mass is 274 g/mol. The molecule has 1 aromatic carbocycles. The Kier molecular flexibility index (Phi) is 3.71. The minimum absolute atomic E-state index is 0.178. The molecule has 2 heterocycles. The Bertz CT molecular complexity index is 556. The van der Waals surface area contributed by atoms with Crippen LogP contribution in [0.2, 0.25) is 0 Å². The van der Waals surface area contributed by atoms with E-state index < -0.39 is 0 Å². The minimum Gasteiger partial charge on any atom is -0.497 e. The van der Waals surface area contributed by atoms with E-state index in [1.807, 2.05) is 24.3 Å². The number of nitrogens with zero attached hydrogens (tertiary/aromatic N) is 2. The van der Waals surface area contributed by atoms with E-state index in [2.05, 4.69) is 16.1 Å². The average molecular weight is 274 g/mol. The number of aromatic nitrogens is 1. The van der Waals surface area contributed by atoms with Gasteiger partial charge in [0, 0.05) is 25.2 Å². The quantitative estimate of drug-likeness (QED) is 0.924. The Morgan fingerprint density at radius 1 is 1.45 bits per heavy atom. The summed E-state index contributed by atoms with van der Waals surface area (Å²) < 4.78 is 10.1. The van der Waals surface area contributed by atoms with Gasteiger partial charge in [0.1, 0.15) is 12.0 Å². The van der Waals surface area contributed by atoms with E-state index in [0.717, 1.165) is 23.4 Å². The summed E-state index contributed by atoms with van der Waals surface area (Å²) >= 11 is 0. The first-order valence-corrected chi connectivity index (χ1v) is 6.71. The van der Waals surface area contributed by atoms with Gasteiger partial charge in [-0.1, -0.05) is 17.3 Å². The Morgan fingerprint density at radius 2 is 2.35 bits per heavy atom. The molecule has 1 aromatic heterocycles. The van der Waals surface area contributed by atoms with Crippen LogP contribution in [0.15, 0.2) is 41.1 Å².